The molecule has 1 amide bonds. The summed E-state index contributed by atoms with van der Waals surface area (Å²) >= 11 is 12.0. The second kappa shape index (κ2) is 6.94. The quantitative estimate of drug-likeness (QED) is 0.862. The van der Waals surface area contributed by atoms with E-state index in [9.17, 15) is 4.79 Å². The minimum Gasteiger partial charge on any atom is -0.376 e. The van der Waals surface area contributed by atoms with E-state index in [1.165, 1.54) is 0 Å². The van der Waals surface area contributed by atoms with Crippen LogP contribution in [0.2, 0.25) is 10.0 Å². The molecule has 1 aromatic rings. The molecule has 1 aliphatic heterocycles. The molecule has 0 spiro atoms. The maximum absolute atomic E-state index is 12.2. The Kier molecular flexibility index (Phi) is 5.24. The maximum Gasteiger partial charge on any atom is 0.224 e. The second-order valence-electron chi connectivity index (χ2n) is 4.52. The van der Waals surface area contributed by atoms with Crippen molar-refractivity contribution in [3.63, 3.8) is 0 Å². The van der Waals surface area contributed by atoms with Crippen molar-refractivity contribution in [1.82, 2.24) is 4.90 Å². The van der Waals surface area contributed by atoms with E-state index in [4.69, 9.17) is 33.2 Å². The summed E-state index contributed by atoms with van der Waals surface area (Å²) in [5, 5.41) is 9.98. The van der Waals surface area contributed by atoms with E-state index < -0.39 is 6.04 Å². The molecule has 6 heteroatoms. The molecule has 0 saturated carbocycles. The van der Waals surface area contributed by atoms with Gasteiger partial charge in [-0.1, -0.05) is 35.3 Å². The lowest BCUT2D eigenvalue weighted by atomic mass is 10.1. The third-order valence-corrected chi connectivity index (χ3v) is 4.10. The van der Waals surface area contributed by atoms with Crippen molar-refractivity contribution in [3.8, 4) is 6.07 Å². The molecule has 1 aromatic carbocycles. The molecule has 2 rings (SSSR count). The Bertz CT molecular complexity index is 542. The highest BCUT2D eigenvalue weighted by molar-refractivity contribution is 6.42. The van der Waals surface area contributed by atoms with Gasteiger partial charge < -0.3 is 9.64 Å². The van der Waals surface area contributed by atoms with Gasteiger partial charge in [-0.15, -0.1) is 0 Å². The number of nitrogens with zero attached hydrogens (tertiary/aromatic N) is 2. The average molecular weight is 313 g/mol. The second-order valence-corrected chi connectivity index (χ2v) is 5.31. The fourth-order valence-corrected chi connectivity index (χ4v) is 2.55. The number of hydrogen-bond donors (Lipinski definition) is 0. The topological polar surface area (TPSA) is 53.3 Å². The highest BCUT2D eigenvalue weighted by Crippen LogP contribution is 2.26. The van der Waals surface area contributed by atoms with Crippen molar-refractivity contribution >= 4 is 29.1 Å². The summed E-state index contributed by atoms with van der Waals surface area (Å²) in [5.74, 6) is -0.0594. The third-order valence-electron chi connectivity index (χ3n) is 3.24. The van der Waals surface area contributed by atoms with E-state index in [0.717, 1.165) is 5.56 Å². The molecule has 0 radical (unpaired) electrons. The normalized spacial score (nSPS) is 18.6. The summed E-state index contributed by atoms with van der Waals surface area (Å²) in [4.78, 5) is 13.8. The molecule has 1 saturated heterocycles. The van der Waals surface area contributed by atoms with Crippen LogP contribution >= 0.6 is 23.2 Å². The van der Waals surface area contributed by atoms with Crippen molar-refractivity contribution in [2.24, 2.45) is 0 Å². The average Bonchev–Trinajstić information content (AvgIpc) is 2.48. The van der Waals surface area contributed by atoms with Gasteiger partial charge in [0, 0.05) is 13.0 Å². The number of rotatable bonds is 3. The molecule has 1 heterocycles. The molecule has 1 aliphatic rings. The molecule has 106 valence electrons. The van der Waals surface area contributed by atoms with Gasteiger partial charge in [0.2, 0.25) is 5.91 Å². The SMILES string of the molecule is N#C[C@@H]1COCCN1C(=O)CCc1cccc(Cl)c1Cl. The lowest BCUT2D eigenvalue weighted by molar-refractivity contribution is -0.137. The molecule has 0 N–H and O–H groups in total. The summed E-state index contributed by atoms with van der Waals surface area (Å²) in [6.45, 7) is 1.21. The first-order valence-electron chi connectivity index (χ1n) is 6.33. The van der Waals surface area contributed by atoms with Gasteiger partial charge in [-0.3, -0.25) is 4.79 Å². The smallest absolute Gasteiger partial charge is 0.224 e. The molecule has 4 nitrogen and oxygen atoms in total. The number of aryl methyl sites for hydroxylation is 1. The maximum atomic E-state index is 12.2. The van der Waals surface area contributed by atoms with Crippen LogP contribution in [0.15, 0.2) is 18.2 Å². The Morgan fingerprint density at radius 2 is 2.30 bits per heavy atom. The number of carbonyl (C=O) groups is 1. The van der Waals surface area contributed by atoms with Gasteiger partial charge in [-0.25, -0.2) is 0 Å². The van der Waals surface area contributed by atoms with Crippen LogP contribution < -0.4 is 0 Å². The summed E-state index contributed by atoms with van der Waals surface area (Å²) < 4.78 is 5.20. The lowest BCUT2D eigenvalue weighted by Gasteiger charge is -2.31. The monoisotopic (exact) mass is 312 g/mol. The van der Waals surface area contributed by atoms with Gasteiger partial charge in [0.1, 0.15) is 6.04 Å². The molecule has 1 fully saturated rings. The predicted molar refractivity (Wildman–Crippen MR) is 76.7 cm³/mol. The Morgan fingerprint density at radius 1 is 1.50 bits per heavy atom. The van der Waals surface area contributed by atoms with Crippen molar-refractivity contribution in [3.05, 3.63) is 33.8 Å². The summed E-state index contributed by atoms with van der Waals surface area (Å²) in [6, 6.07) is 6.96. The zero-order valence-corrected chi connectivity index (χ0v) is 12.3. The number of carbonyl (C=O) groups excluding carboxylic acids is 1. The molecule has 20 heavy (non-hydrogen) atoms. The van der Waals surface area contributed by atoms with Gasteiger partial charge in [0.25, 0.3) is 0 Å². The van der Waals surface area contributed by atoms with Gasteiger partial charge >= 0.3 is 0 Å². The first-order chi connectivity index (χ1) is 9.63. The number of benzene rings is 1. The van der Waals surface area contributed by atoms with Crippen LogP contribution in [-0.4, -0.2) is 36.6 Å². The van der Waals surface area contributed by atoms with Crippen molar-refractivity contribution in [2.45, 2.75) is 18.9 Å². The van der Waals surface area contributed by atoms with E-state index in [-0.39, 0.29) is 12.5 Å². The molecule has 0 bridgehead atoms. The molecule has 0 aromatic heterocycles. The van der Waals surface area contributed by atoms with E-state index in [1.807, 2.05) is 6.07 Å². The molecular weight excluding hydrogens is 299 g/mol. The van der Waals surface area contributed by atoms with Crippen molar-refractivity contribution in [1.29, 1.82) is 5.26 Å². The van der Waals surface area contributed by atoms with Gasteiger partial charge in [0.05, 0.1) is 29.3 Å². The van der Waals surface area contributed by atoms with E-state index >= 15 is 0 Å². The minimum atomic E-state index is -0.494. The number of ether oxygens (including phenoxy) is 1. The largest absolute Gasteiger partial charge is 0.376 e. The summed E-state index contributed by atoms with van der Waals surface area (Å²) in [5.41, 5.74) is 0.842. The Hall–Kier alpha value is -1.28. The fraction of sp³-hybridized carbons (Fsp3) is 0.429. The third kappa shape index (κ3) is 3.43. The molecule has 1 atom stereocenters. The zero-order chi connectivity index (χ0) is 14.5. The highest BCUT2D eigenvalue weighted by Gasteiger charge is 2.26. The highest BCUT2D eigenvalue weighted by atomic mass is 35.5. The Labute approximate surface area is 127 Å². The van der Waals surface area contributed by atoms with Crippen LogP contribution in [0, 0.1) is 11.3 Å². The van der Waals surface area contributed by atoms with Gasteiger partial charge in [-0.2, -0.15) is 5.26 Å². The van der Waals surface area contributed by atoms with Gasteiger partial charge in [-0.05, 0) is 18.1 Å². The van der Waals surface area contributed by atoms with Crippen LogP contribution in [-0.2, 0) is 16.0 Å². The molecule has 0 unspecified atom stereocenters. The summed E-state index contributed by atoms with van der Waals surface area (Å²) in [6.07, 6.45) is 0.811. The predicted octanol–water partition coefficient (Wildman–Crippen LogP) is 2.68. The van der Waals surface area contributed by atoms with E-state index in [0.29, 0.717) is 36.0 Å². The first-order valence-corrected chi connectivity index (χ1v) is 7.09. The van der Waals surface area contributed by atoms with Crippen LogP contribution in [0.1, 0.15) is 12.0 Å². The minimum absolute atomic E-state index is 0.0594. The number of morpholine rings is 1. The zero-order valence-electron chi connectivity index (χ0n) is 10.8. The first kappa shape index (κ1) is 15.1. The van der Waals surface area contributed by atoms with Crippen LogP contribution in [0.4, 0.5) is 0 Å². The number of amides is 1. The molecular formula is C14H14Cl2N2O2. The Morgan fingerprint density at radius 3 is 3.05 bits per heavy atom. The van der Waals surface area contributed by atoms with Crippen LogP contribution in [0.5, 0.6) is 0 Å². The van der Waals surface area contributed by atoms with Crippen LogP contribution in [0.25, 0.3) is 0 Å². The number of halogens is 2. The van der Waals surface area contributed by atoms with Crippen molar-refractivity contribution in [2.75, 3.05) is 19.8 Å². The van der Waals surface area contributed by atoms with Gasteiger partial charge in [0.15, 0.2) is 0 Å². The molecule has 0 aliphatic carbocycles. The van der Waals surface area contributed by atoms with Crippen LogP contribution in [0.3, 0.4) is 0 Å². The number of nitriles is 1. The van der Waals surface area contributed by atoms with E-state index in [2.05, 4.69) is 6.07 Å². The van der Waals surface area contributed by atoms with E-state index in [1.54, 1.807) is 17.0 Å². The Balaban J connectivity index is 1.98. The standard InChI is InChI=1S/C14H14Cl2N2O2/c15-12-3-1-2-10(14(12)16)4-5-13(19)18-6-7-20-9-11(18)8-17/h1-3,11H,4-7,9H2/t11-/m1/s1. The number of hydrogen-bond acceptors (Lipinski definition) is 3. The van der Waals surface area contributed by atoms with Crippen molar-refractivity contribution < 1.29 is 9.53 Å². The lowest BCUT2D eigenvalue weighted by Crippen LogP contribution is -2.48. The summed E-state index contributed by atoms with van der Waals surface area (Å²) in [7, 11) is 0. The fourth-order valence-electron chi connectivity index (χ4n) is 2.14.